The van der Waals surface area contributed by atoms with Crippen LogP contribution in [-0.4, -0.2) is 6.29 Å². The van der Waals surface area contributed by atoms with Crippen molar-refractivity contribution in [2.24, 2.45) is 23.2 Å². The molecule has 1 nitrogen and oxygen atoms in total. The first-order chi connectivity index (χ1) is 8.97. The molecule has 0 spiro atoms. The summed E-state index contributed by atoms with van der Waals surface area (Å²) in [5.41, 5.74) is 1.75. The maximum absolute atomic E-state index is 11.3. The summed E-state index contributed by atoms with van der Waals surface area (Å²) in [4.78, 5) is 11.3. The van der Waals surface area contributed by atoms with Crippen molar-refractivity contribution < 1.29 is 4.79 Å². The molecule has 0 saturated carbocycles. The summed E-state index contributed by atoms with van der Waals surface area (Å²) in [7, 11) is 0. The number of carbonyl (C=O) groups excluding carboxylic acids is 1. The van der Waals surface area contributed by atoms with E-state index < -0.39 is 0 Å². The van der Waals surface area contributed by atoms with Gasteiger partial charge in [-0.25, -0.2) is 0 Å². The maximum Gasteiger partial charge on any atom is 0.123 e. The molecule has 19 heavy (non-hydrogen) atoms. The Bertz CT molecular complexity index is 362. The van der Waals surface area contributed by atoms with Gasteiger partial charge in [0.05, 0.1) is 0 Å². The van der Waals surface area contributed by atoms with E-state index in [0.29, 0.717) is 11.8 Å². The van der Waals surface area contributed by atoms with Gasteiger partial charge in [-0.15, -0.1) is 13.2 Å². The van der Waals surface area contributed by atoms with Crippen molar-refractivity contribution in [3.8, 4) is 0 Å². The molecule has 0 aromatic rings. The van der Waals surface area contributed by atoms with Crippen molar-refractivity contribution >= 4 is 6.29 Å². The highest BCUT2D eigenvalue weighted by Gasteiger charge is 2.37. The third kappa shape index (κ3) is 3.68. The molecule has 0 bridgehead atoms. The zero-order valence-electron chi connectivity index (χ0n) is 12.7. The predicted octanol–water partition coefficient (Wildman–Crippen LogP) is 4.95. The lowest BCUT2D eigenvalue weighted by molar-refractivity contribution is -0.112. The van der Waals surface area contributed by atoms with Crippen molar-refractivity contribution in [3.63, 3.8) is 0 Å². The second-order valence-corrected chi connectivity index (χ2v) is 6.39. The minimum atomic E-state index is 0.0900. The van der Waals surface area contributed by atoms with Crippen molar-refractivity contribution in [2.75, 3.05) is 0 Å². The zero-order chi connectivity index (χ0) is 14.5. The molecule has 1 aliphatic carbocycles. The molecule has 0 saturated heterocycles. The second kappa shape index (κ2) is 6.88. The van der Waals surface area contributed by atoms with Gasteiger partial charge in [0.15, 0.2) is 0 Å². The van der Waals surface area contributed by atoms with Crippen molar-refractivity contribution in [1.29, 1.82) is 0 Å². The zero-order valence-corrected chi connectivity index (χ0v) is 12.7. The molecule has 1 heteroatoms. The fourth-order valence-corrected chi connectivity index (χ4v) is 3.17. The highest BCUT2D eigenvalue weighted by Crippen LogP contribution is 2.47. The van der Waals surface area contributed by atoms with Gasteiger partial charge < -0.3 is 4.79 Å². The lowest BCUT2D eigenvalue weighted by Gasteiger charge is -2.34. The molecule has 0 N–H and O–H groups in total. The molecular formula is C18H28O. The largest absolute Gasteiger partial charge is 0.303 e. The summed E-state index contributed by atoms with van der Waals surface area (Å²) in [5.74, 6) is 1.13. The first-order valence-corrected chi connectivity index (χ1v) is 7.31. The first-order valence-electron chi connectivity index (χ1n) is 7.31. The van der Waals surface area contributed by atoms with Crippen LogP contribution in [0.4, 0.5) is 0 Å². The van der Waals surface area contributed by atoms with E-state index >= 15 is 0 Å². The Hall–Kier alpha value is -1.11. The van der Waals surface area contributed by atoms with E-state index in [9.17, 15) is 4.79 Å². The molecule has 0 aromatic heterocycles. The second-order valence-electron chi connectivity index (χ2n) is 6.39. The summed E-state index contributed by atoms with van der Waals surface area (Å²) in [6.07, 6.45) is 11.2. The van der Waals surface area contributed by atoms with Crippen LogP contribution in [0, 0.1) is 23.2 Å². The van der Waals surface area contributed by atoms with Crippen LogP contribution in [0.5, 0.6) is 0 Å². The Morgan fingerprint density at radius 3 is 2.42 bits per heavy atom. The van der Waals surface area contributed by atoms with Crippen molar-refractivity contribution in [2.45, 2.75) is 46.5 Å². The van der Waals surface area contributed by atoms with Gasteiger partial charge in [0.1, 0.15) is 6.29 Å². The number of hydrogen-bond acceptors (Lipinski definition) is 1. The Morgan fingerprint density at radius 2 is 2.00 bits per heavy atom. The van der Waals surface area contributed by atoms with Gasteiger partial charge >= 0.3 is 0 Å². The highest BCUT2D eigenvalue weighted by atomic mass is 16.1. The maximum atomic E-state index is 11.3. The molecule has 1 aliphatic rings. The Kier molecular flexibility index (Phi) is 5.78. The lowest BCUT2D eigenvalue weighted by Crippen LogP contribution is -2.26. The summed E-state index contributed by atoms with van der Waals surface area (Å²) in [6.45, 7) is 14.5. The van der Waals surface area contributed by atoms with Gasteiger partial charge in [-0.1, -0.05) is 37.6 Å². The monoisotopic (exact) mass is 260 g/mol. The summed E-state index contributed by atoms with van der Waals surface area (Å²) < 4.78 is 0. The van der Waals surface area contributed by atoms with E-state index in [2.05, 4.69) is 40.0 Å². The highest BCUT2D eigenvalue weighted by molar-refractivity contribution is 5.54. The molecular weight excluding hydrogens is 232 g/mol. The minimum absolute atomic E-state index is 0.0900. The van der Waals surface area contributed by atoms with Crippen LogP contribution in [0.3, 0.4) is 0 Å². The number of rotatable bonds is 8. The minimum Gasteiger partial charge on any atom is -0.303 e. The third-order valence-corrected chi connectivity index (χ3v) is 5.02. The van der Waals surface area contributed by atoms with E-state index in [1.165, 1.54) is 5.57 Å². The SMILES string of the molecule is C=CCC(C=O)C(CC=C)CC1CC=C(C)C1(C)C. The predicted molar refractivity (Wildman–Crippen MR) is 82.9 cm³/mol. The van der Waals surface area contributed by atoms with Crippen LogP contribution in [0.2, 0.25) is 0 Å². The van der Waals surface area contributed by atoms with Crippen molar-refractivity contribution in [3.05, 3.63) is 37.0 Å². The molecule has 0 fully saturated rings. The summed E-state index contributed by atoms with van der Waals surface area (Å²) in [6, 6.07) is 0. The molecule has 0 amide bonds. The summed E-state index contributed by atoms with van der Waals surface area (Å²) in [5, 5.41) is 0. The van der Waals surface area contributed by atoms with Gasteiger partial charge in [0, 0.05) is 5.92 Å². The van der Waals surface area contributed by atoms with E-state index in [4.69, 9.17) is 0 Å². The molecule has 106 valence electrons. The first kappa shape index (κ1) is 15.9. The average Bonchev–Trinajstić information content (AvgIpc) is 2.62. The van der Waals surface area contributed by atoms with Crippen LogP contribution < -0.4 is 0 Å². The van der Waals surface area contributed by atoms with Gasteiger partial charge in [-0.2, -0.15) is 0 Å². The van der Waals surface area contributed by atoms with Crippen molar-refractivity contribution in [1.82, 2.24) is 0 Å². The molecule has 3 atom stereocenters. The number of carbonyl (C=O) groups is 1. The number of aldehydes is 1. The van der Waals surface area contributed by atoms with Gasteiger partial charge in [0.25, 0.3) is 0 Å². The third-order valence-electron chi connectivity index (χ3n) is 5.02. The molecule has 0 aliphatic heterocycles. The average molecular weight is 260 g/mol. The van der Waals surface area contributed by atoms with Gasteiger partial charge in [0.2, 0.25) is 0 Å². The van der Waals surface area contributed by atoms with Crippen LogP contribution in [0.15, 0.2) is 37.0 Å². The van der Waals surface area contributed by atoms with Gasteiger partial charge in [-0.05, 0) is 49.9 Å². The van der Waals surface area contributed by atoms with Crippen LogP contribution in [0.25, 0.3) is 0 Å². The van der Waals surface area contributed by atoms with Crippen LogP contribution in [-0.2, 0) is 4.79 Å². The van der Waals surface area contributed by atoms with Crippen LogP contribution in [0.1, 0.15) is 46.5 Å². The van der Waals surface area contributed by atoms with Gasteiger partial charge in [-0.3, -0.25) is 0 Å². The lowest BCUT2D eigenvalue weighted by atomic mass is 9.71. The fraction of sp³-hybridized carbons (Fsp3) is 0.611. The molecule has 0 radical (unpaired) electrons. The van der Waals surface area contributed by atoms with E-state index in [1.807, 2.05) is 12.2 Å². The Labute approximate surface area is 118 Å². The van der Waals surface area contributed by atoms with E-state index in [1.54, 1.807) is 0 Å². The Morgan fingerprint density at radius 1 is 1.37 bits per heavy atom. The van der Waals surface area contributed by atoms with Crippen LogP contribution >= 0.6 is 0 Å². The fourth-order valence-electron chi connectivity index (χ4n) is 3.17. The smallest absolute Gasteiger partial charge is 0.123 e. The summed E-state index contributed by atoms with van der Waals surface area (Å²) >= 11 is 0. The molecule has 0 heterocycles. The standard InChI is InChI=1S/C18H28O/c1-6-8-15(16(13-19)9-7-2)12-17-11-10-14(3)18(17,4)5/h6-7,10,13,15-17H,1-2,8-9,11-12H2,3-5H3. The topological polar surface area (TPSA) is 17.1 Å². The molecule has 3 unspecified atom stereocenters. The quantitative estimate of drug-likeness (QED) is 0.445. The number of allylic oxidation sites excluding steroid dienone is 4. The van der Waals surface area contributed by atoms with E-state index in [0.717, 1.165) is 32.0 Å². The number of hydrogen-bond donors (Lipinski definition) is 0. The Balaban J connectivity index is 2.76. The van der Waals surface area contributed by atoms with E-state index in [-0.39, 0.29) is 11.3 Å². The molecule has 0 aromatic carbocycles. The molecule has 1 rings (SSSR count). The normalized spacial score (nSPS) is 24.4.